The first-order chi connectivity index (χ1) is 4.73. The maximum absolute atomic E-state index is 11.2. The van der Waals surface area contributed by atoms with Crippen molar-refractivity contribution in [2.45, 2.75) is 26.2 Å². The summed E-state index contributed by atoms with van der Waals surface area (Å²) in [7, 11) is 0. The van der Waals surface area contributed by atoms with E-state index < -0.39 is 0 Å². The number of rotatable bonds is 0. The molecular formula is C9H12O. The van der Waals surface area contributed by atoms with Crippen LogP contribution < -0.4 is 0 Å². The Balaban J connectivity index is 2.27. The van der Waals surface area contributed by atoms with Gasteiger partial charge in [0.05, 0.1) is 0 Å². The minimum atomic E-state index is 0.0503. The minimum Gasteiger partial charge on any atom is -0.299 e. The molecule has 1 saturated carbocycles. The van der Waals surface area contributed by atoms with Gasteiger partial charge in [-0.1, -0.05) is 19.1 Å². The van der Waals surface area contributed by atoms with Crippen LogP contribution in [-0.2, 0) is 4.79 Å². The van der Waals surface area contributed by atoms with Gasteiger partial charge in [0.1, 0.15) is 5.78 Å². The Morgan fingerprint density at radius 3 is 3.00 bits per heavy atom. The Morgan fingerprint density at radius 1 is 1.70 bits per heavy atom. The zero-order valence-corrected chi connectivity index (χ0v) is 6.26. The quantitative estimate of drug-likeness (QED) is 0.465. The average molecular weight is 136 g/mol. The second kappa shape index (κ2) is 1.71. The van der Waals surface area contributed by atoms with Crippen LogP contribution in [0.25, 0.3) is 0 Å². The molecule has 0 N–H and O–H groups in total. The Kier molecular flexibility index (Phi) is 1.05. The summed E-state index contributed by atoms with van der Waals surface area (Å²) < 4.78 is 0. The molecule has 1 nitrogen and oxygen atoms in total. The first kappa shape index (κ1) is 6.14. The highest BCUT2D eigenvalue weighted by molar-refractivity contribution is 5.91. The lowest BCUT2D eigenvalue weighted by atomic mass is 9.56. The van der Waals surface area contributed by atoms with E-state index >= 15 is 0 Å². The van der Waals surface area contributed by atoms with Crippen LogP contribution in [0.1, 0.15) is 26.2 Å². The predicted octanol–water partition coefficient (Wildman–Crippen LogP) is 1.93. The van der Waals surface area contributed by atoms with Gasteiger partial charge in [0.2, 0.25) is 0 Å². The number of hydrogen-bond acceptors (Lipinski definition) is 1. The Morgan fingerprint density at radius 2 is 2.50 bits per heavy atom. The molecule has 2 aliphatic carbocycles. The van der Waals surface area contributed by atoms with Crippen LogP contribution in [0.15, 0.2) is 12.2 Å². The SMILES string of the molecule is CC12CCC=CC1CC2=O. The summed E-state index contributed by atoms with van der Waals surface area (Å²) in [5.41, 5.74) is 0.0503. The van der Waals surface area contributed by atoms with Crippen molar-refractivity contribution in [3.63, 3.8) is 0 Å². The van der Waals surface area contributed by atoms with E-state index in [0.29, 0.717) is 11.7 Å². The summed E-state index contributed by atoms with van der Waals surface area (Å²) in [6.45, 7) is 2.10. The van der Waals surface area contributed by atoms with Gasteiger partial charge in [-0.05, 0) is 18.8 Å². The van der Waals surface area contributed by atoms with E-state index in [4.69, 9.17) is 0 Å². The van der Waals surface area contributed by atoms with Crippen molar-refractivity contribution >= 4 is 5.78 Å². The molecule has 2 unspecified atom stereocenters. The molecule has 0 bridgehead atoms. The van der Waals surface area contributed by atoms with Gasteiger partial charge in [-0.25, -0.2) is 0 Å². The lowest BCUT2D eigenvalue weighted by Crippen LogP contribution is -2.47. The fraction of sp³-hybridized carbons (Fsp3) is 0.667. The topological polar surface area (TPSA) is 17.1 Å². The normalized spacial score (nSPS) is 44.5. The molecule has 54 valence electrons. The van der Waals surface area contributed by atoms with Crippen LogP contribution in [0.4, 0.5) is 0 Å². The van der Waals surface area contributed by atoms with Crippen LogP contribution >= 0.6 is 0 Å². The van der Waals surface area contributed by atoms with Gasteiger partial charge in [-0.15, -0.1) is 0 Å². The zero-order valence-electron chi connectivity index (χ0n) is 6.26. The van der Waals surface area contributed by atoms with Crippen molar-refractivity contribution < 1.29 is 4.79 Å². The third kappa shape index (κ3) is 0.556. The lowest BCUT2D eigenvalue weighted by Gasteiger charge is -2.45. The molecule has 0 aromatic heterocycles. The summed E-state index contributed by atoms with van der Waals surface area (Å²) in [4.78, 5) is 11.2. The number of ketones is 1. The predicted molar refractivity (Wildman–Crippen MR) is 39.6 cm³/mol. The Hall–Kier alpha value is -0.590. The maximum atomic E-state index is 11.2. The second-order valence-electron chi connectivity index (χ2n) is 3.62. The Labute approximate surface area is 61.1 Å². The molecule has 0 aromatic rings. The number of allylic oxidation sites excluding steroid dienone is 2. The molecule has 2 aliphatic rings. The van der Waals surface area contributed by atoms with Gasteiger partial charge in [0.15, 0.2) is 0 Å². The molecule has 2 atom stereocenters. The summed E-state index contributed by atoms with van der Waals surface area (Å²) in [6, 6.07) is 0. The average Bonchev–Trinajstić information content (AvgIpc) is 1.93. The zero-order chi connectivity index (χ0) is 7.19. The maximum Gasteiger partial charge on any atom is 0.139 e. The number of carbonyl (C=O) groups is 1. The van der Waals surface area contributed by atoms with Crippen LogP contribution in [0.3, 0.4) is 0 Å². The van der Waals surface area contributed by atoms with E-state index in [2.05, 4.69) is 19.1 Å². The number of Topliss-reactive ketones (excluding diaryl/α,β-unsaturated/α-hetero) is 1. The lowest BCUT2D eigenvalue weighted by molar-refractivity contribution is -0.142. The third-order valence-electron chi connectivity index (χ3n) is 3.06. The molecule has 0 heterocycles. The summed E-state index contributed by atoms with van der Waals surface area (Å²) in [5.74, 6) is 1.05. The first-order valence-corrected chi connectivity index (χ1v) is 3.93. The van der Waals surface area contributed by atoms with Crippen LogP contribution in [0.2, 0.25) is 0 Å². The van der Waals surface area contributed by atoms with Crippen molar-refractivity contribution in [2.24, 2.45) is 11.3 Å². The highest BCUT2D eigenvalue weighted by Crippen LogP contribution is 2.49. The summed E-state index contributed by atoms with van der Waals surface area (Å²) in [6.07, 6.45) is 7.39. The monoisotopic (exact) mass is 136 g/mol. The minimum absolute atomic E-state index is 0.0503. The highest BCUT2D eigenvalue weighted by Gasteiger charge is 2.49. The molecule has 1 heteroatoms. The molecule has 0 amide bonds. The van der Waals surface area contributed by atoms with Crippen molar-refractivity contribution in [1.82, 2.24) is 0 Å². The molecule has 0 aromatic carbocycles. The third-order valence-corrected chi connectivity index (χ3v) is 3.06. The van der Waals surface area contributed by atoms with Gasteiger partial charge >= 0.3 is 0 Å². The molecule has 1 fully saturated rings. The molecule has 2 rings (SSSR count). The van der Waals surface area contributed by atoms with Crippen LogP contribution in [0.5, 0.6) is 0 Å². The van der Waals surface area contributed by atoms with E-state index in [1.807, 2.05) is 0 Å². The number of fused-ring (bicyclic) bond motifs is 1. The largest absolute Gasteiger partial charge is 0.299 e. The van der Waals surface area contributed by atoms with Crippen molar-refractivity contribution in [3.05, 3.63) is 12.2 Å². The Bertz CT molecular complexity index is 205. The van der Waals surface area contributed by atoms with Gasteiger partial charge in [-0.2, -0.15) is 0 Å². The van der Waals surface area contributed by atoms with Crippen molar-refractivity contribution in [2.75, 3.05) is 0 Å². The van der Waals surface area contributed by atoms with Crippen molar-refractivity contribution in [1.29, 1.82) is 0 Å². The van der Waals surface area contributed by atoms with E-state index in [0.717, 1.165) is 19.3 Å². The van der Waals surface area contributed by atoms with Gasteiger partial charge < -0.3 is 0 Å². The van der Waals surface area contributed by atoms with E-state index in [1.54, 1.807) is 0 Å². The highest BCUT2D eigenvalue weighted by atomic mass is 16.1. The molecule has 0 saturated heterocycles. The van der Waals surface area contributed by atoms with Crippen LogP contribution in [-0.4, -0.2) is 5.78 Å². The fourth-order valence-electron chi connectivity index (χ4n) is 1.98. The first-order valence-electron chi connectivity index (χ1n) is 3.93. The van der Waals surface area contributed by atoms with E-state index in [9.17, 15) is 4.79 Å². The van der Waals surface area contributed by atoms with Gasteiger partial charge in [-0.3, -0.25) is 4.79 Å². The summed E-state index contributed by atoms with van der Waals surface area (Å²) in [5, 5.41) is 0. The standard InChI is InChI=1S/C9H12O/c1-9-5-3-2-4-7(9)6-8(9)10/h2,4,7H,3,5-6H2,1H3. The van der Waals surface area contributed by atoms with Gasteiger partial charge in [0, 0.05) is 11.8 Å². The number of hydrogen-bond donors (Lipinski definition) is 0. The molecular weight excluding hydrogens is 124 g/mol. The van der Waals surface area contributed by atoms with E-state index in [-0.39, 0.29) is 5.41 Å². The molecule has 10 heavy (non-hydrogen) atoms. The fourth-order valence-corrected chi connectivity index (χ4v) is 1.98. The summed E-state index contributed by atoms with van der Waals surface area (Å²) >= 11 is 0. The molecule has 0 spiro atoms. The van der Waals surface area contributed by atoms with Gasteiger partial charge in [0.25, 0.3) is 0 Å². The molecule has 0 aliphatic heterocycles. The number of carbonyl (C=O) groups excluding carboxylic acids is 1. The molecule has 0 radical (unpaired) electrons. The smallest absolute Gasteiger partial charge is 0.139 e. The van der Waals surface area contributed by atoms with Crippen molar-refractivity contribution in [3.8, 4) is 0 Å². The van der Waals surface area contributed by atoms with Crippen LogP contribution in [0, 0.1) is 11.3 Å². The van der Waals surface area contributed by atoms with E-state index in [1.165, 1.54) is 0 Å². The second-order valence-corrected chi connectivity index (χ2v) is 3.62.